The van der Waals surface area contributed by atoms with Gasteiger partial charge in [0.1, 0.15) is 0 Å². The molecule has 1 unspecified atom stereocenters. The standard InChI is InChI=1S/C9H14N2OS/c1-7(5-11-9(12)10-2)8-3-4-13-6-8/h3-4,6-7H,5H2,1-2H3,(H2,10,11,12). The predicted octanol–water partition coefficient (Wildman–Crippen LogP) is 1.78. The Balaban J connectivity index is 2.34. The number of rotatable bonds is 3. The molecular weight excluding hydrogens is 184 g/mol. The molecule has 0 saturated carbocycles. The SMILES string of the molecule is CNC(=O)NCC(C)c1ccsc1. The van der Waals surface area contributed by atoms with Gasteiger partial charge in [-0.25, -0.2) is 4.79 Å². The van der Waals surface area contributed by atoms with Crippen molar-refractivity contribution in [1.29, 1.82) is 0 Å². The van der Waals surface area contributed by atoms with Crippen molar-refractivity contribution in [2.75, 3.05) is 13.6 Å². The lowest BCUT2D eigenvalue weighted by atomic mass is 10.1. The van der Waals surface area contributed by atoms with Gasteiger partial charge >= 0.3 is 6.03 Å². The molecule has 1 aromatic heterocycles. The van der Waals surface area contributed by atoms with Crippen molar-refractivity contribution in [3.63, 3.8) is 0 Å². The van der Waals surface area contributed by atoms with Crippen LogP contribution in [0.25, 0.3) is 0 Å². The Kier molecular flexibility index (Phi) is 3.76. The van der Waals surface area contributed by atoms with Crippen LogP contribution in [0.5, 0.6) is 0 Å². The van der Waals surface area contributed by atoms with Crippen molar-refractivity contribution in [3.05, 3.63) is 22.4 Å². The fourth-order valence-electron chi connectivity index (χ4n) is 1.01. The molecule has 0 aliphatic heterocycles. The molecule has 0 aliphatic carbocycles. The monoisotopic (exact) mass is 198 g/mol. The molecule has 2 N–H and O–H groups in total. The van der Waals surface area contributed by atoms with E-state index in [0.29, 0.717) is 12.5 Å². The molecule has 0 radical (unpaired) electrons. The van der Waals surface area contributed by atoms with E-state index in [-0.39, 0.29) is 6.03 Å². The second-order valence-electron chi connectivity index (χ2n) is 2.92. The van der Waals surface area contributed by atoms with E-state index in [1.165, 1.54) is 5.56 Å². The molecule has 0 bridgehead atoms. The molecule has 4 heteroatoms. The van der Waals surface area contributed by atoms with Gasteiger partial charge in [-0.3, -0.25) is 0 Å². The maximum atomic E-state index is 10.9. The molecule has 1 aromatic rings. The van der Waals surface area contributed by atoms with Crippen LogP contribution >= 0.6 is 11.3 Å². The minimum atomic E-state index is -0.123. The van der Waals surface area contributed by atoms with Crippen molar-refractivity contribution < 1.29 is 4.79 Å². The average Bonchev–Trinajstić information content (AvgIpc) is 2.66. The van der Waals surface area contributed by atoms with E-state index >= 15 is 0 Å². The lowest BCUT2D eigenvalue weighted by Gasteiger charge is -2.10. The van der Waals surface area contributed by atoms with Crippen LogP contribution in [0.4, 0.5) is 4.79 Å². The minimum Gasteiger partial charge on any atom is -0.341 e. The van der Waals surface area contributed by atoms with Crippen LogP contribution in [0.2, 0.25) is 0 Å². The van der Waals surface area contributed by atoms with Gasteiger partial charge in [-0.05, 0) is 28.3 Å². The highest BCUT2D eigenvalue weighted by molar-refractivity contribution is 7.07. The number of nitrogens with one attached hydrogen (secondary N) is 2. The number of thiophene rings is 1. The zero-order valence-corrected chi connectivity index (χ0v) is 8.65. The summed E-state index contributed by atoms with van der Waals surface area (Å²) in [4.78, 5) is 10.9. The summed E-state index contributed by atoms with van der Waals surface area (Å²) < 4.78 is 0. The highest BCUT2D eigenvalue weighted by Crippen LogP contribution is 2.16. The summed E-state index contributed by atoms with van der Waals surface area (Å²) in [6, 6.07) is 1.96. The Bertz CT molecular complexity index is 259. The molecule has 0 aliphatic rings. The average molecular weight is 198 g/mol. The van der Waals surface area contributed by atoms with Gasteiger partial charge in [-0.2, -0.15) is 11.3 Å². The quantitative estimate of drug-likeness (QED) is 0.763. The molecule has 13 heavy (non-hydrogen) atoms. The first kappa shape index (κ1) is 10.1. The summed E-state index contributed by atoms with van der Waals surface area (Å²) in [5, 5.41) is 9.45. The van der Waals surface area contributed by atoms with Crippen molar-refractivity contribution in [1.82, 2.24) is 10.6 Å². The number of urea groups is 1. The number of hydrogen-bond acceptors (Lipinski definition) is 2. The second-order valence-corrected chi connectivity index (χ2v) is 3.70. The van der Waals surface area contributed by atoms with Crippen molar-refractivity contribution in [2.24, 2.45) is 0 Å². The Hall–Kier alpha value is -1.03. The summed E-state index contributed by atoms with van der Waals surface area (Å²) in [6.45, 7) is 2.77. The molecule has 1 heterocycles. The van der Waals surface area contributed by atoms with E-state index in [9.17, 15) is 4.79 Å². The normalized spacial score (nSPS) is 12.2. The van der Waals surface area contributed by atoms with Crippen LogP contribution in [0.15, 0.2) is 16.8 Å². The topological polar surface area (TPSA) is 41.1 Å². The summed E-state index contributed by atoms with van der Waals surface area (Å²) in [5.74, 6) is 0.378. The van der Waals surface area contributed by atoms with Crippen LogP contribution < -0.4 is 10.6 Å². The highest BCUT2D eigenvalue weighted by atomic mass is 32.1. The number of carbonyl (C=O) groups excluding carboxylic acids is 1. The summed E-state index contributed by atoms with van der Waals surface area (Å²) in [7, 11) is 1.62. The summed E-state index contributed by atoms with van der Waals surface area (Å²) in [5.41, 5.74) is 1.28. The molecule has 1 atom stereocenters. The third kappa shape index (κ3) is 3.06. The van der Waals surface area contributed by atoms with Gasteiger partial charge in [0.25, 0.3) is 0 Å². The lowest BCUT2D eigenvalue weighted by Crippen LogP contribution is -2.34. The lowest BCUT2D eigenvalue weighted by molar-refractivity contribution is 0.242. The maximum absolute atomic E-state index is 10.9. The minimum absolute atomic E-state index is 0.123. The maximum Gasteiger partial charge on any atom is 0.314 e. The molecule has 1 rings (SSSR count). The third-order valence-electron chi connectivity index (χ3n) is 1.91. The van der Waals surface area contributed by atoms with E-state index in [2.05, 4.69) is 29.0 Å². The Morgan fingerprint density at radius 3 is 3.00 bits per heavy atom. The van der Waals surface area contributed by atoms with Gasteiger partial charge in [0.2, 0.25) is 0 Å². The molecule has 72 valence electrons. The third-order valence-corrected chi connectivity index (χ3v) is 2.61. The predicted molar refractivity (Wildman–Crippen MR) is 55.2 cm³/mol. The summed E-state index contributed by atoms with van der Waals surface area (Å²) in [6.07, 6.45) is 0. The van der Waals surface area contributed by atoms with Gasteiger partial charge in [0.05, 0.1) is 0 Å². The zero-order valence-electron chi connectivity index (χ0n) is 7.83. The second kappa shape index (κ2) is 4.87. The molecule has 0 spiro atoms. The van der Waals surface area contributed by atoms with Gasteiger partial charge in [0, 0.05) is 13.6 Å². The Labute approximate surface area is 82.2 Å². The largest absolute Gasteiger partial charge is 0.341 e. The van der Waals surface area contributed by atoms with Gasteiger partial charge < -0.3 is 10.6 Å². The molecular formula is C9H14N2OS. The molecule has 3 nitrogen and oxygen atoms in total. The molecule has 2 amide bonds. The van der Waals surface area contributed by atoms with Gasteiger partial charge in [-0.1, -0.05) is 6.92 Å². The highest BCUT2D eigenvalue weighted by Gasteiger charge is 2.06. The van der Waals surface area contributed by atoms with Crippen LogP contribution in [0.1, 0.15) is 18.4 Å². The van der Waals surface area contributed by atoms with E-state index in [4.69, 9.17) is 0 Å². The molecule has 0 fully saturated rings. The summed E-state index contributed by atoms with van der Waals surface area (Å²) >= 11 is 1.68. The number of carbonyl (C=O) groups is 1. The Morgan fingerprint density at radius 1 is 1.69 bits per heavy atom. The molecule has 0 saturated heterocycles. The number of amides is 2. The molecule has 0 aromatic carbocycles. The van der Waals surface area contributed by atoms with Crippen molar-refractivity contribution in [2.45, 2.75) is 12.8 Å². The first-order valence-corrected chi connectivity index (χ1v) is 5.16. The zero-order chi connectivity index (χ0) is 9.68. The van der Waals surface area contributed by atoms with Crippen molar-refractivity contribution in [3.8, 4) is 0 Å². The smallest absolute Gasteiger partial charge is 0.314 e. The van der Waals surface area contributed by atoms with Crippen LogP contribution in [-0.2, 0) is 0 Å². The van der Waals surface area contributed by atoms with E-state index in [1.807, 2.05) is 5.38 Å². The van der Waals surface area contributed by atoms with Crippen molar-refractivity contribution >= 4 is 17.4 Å². The van der Waals surface area contributed by atoms with Crippen LogP contribution in [-0.4, -0.2) is 19.6 Å². The van der Waals surface area contributed by atoms with E-state index in [1.54, 1.807) is 18.4 Å². The van der Waals surface area contributed by atoms with E-state index < -0.39 is 0 Å². The van der Waals surface area contributed by atoms with Crippen LogP contribution in [0.3, 0.4) is 0 Å². The number of hydrogen-bond donors (Lipinski definition) is 2. The van der Waals surface area contributed by atoms with E-state index in [0.717, 1.165) is 0 Å². The van der Waals surface area contributed by atoms with Crippen LogP contribution in [0, 0.1) is 0 Å². The first-order chi connectivity index (χ1) is 6.24. The van der Waals surface area contributed by atoms with Gasteiger partial charge in [-0.15, -0.1) is 0 Å². The first-order valence-electron chi connectivity index (χ1n) is 4.21. The fourth-order valence-corrected chi connectivity index (χ4v) is 1.79. The Morgan fingerprint density at radius 2 is 2.46 bits per heavy atom. The van der Waals surface area contributed by atoms with Gasteiger partial charge in [0.15, 0.2) is 0 Å². The fraction of sp³-hybridized carbons (Fsp3) is 0.444.